The van der Waals surface area contributed by atoms with Crippen LogP contribution in [-0.4, -0.2) is 34.7 Å². The predicted octanol–water partition coefficient (Wildman–Crippen LogP) is 2.71. The summed E-state index contributed by atoms with van der Waals surface area (Å²) in [5.41, 5.74) is 0.116. The van der Waals surface area contributed by atoms with Crippen LogP contribution < -0.4 is 10.6 Å². The molecule has 100 valence electrons. The highest BCUT2D eigenvalue weighted by atomic mass is 32.2. The Bertz CT molecular complexity index is 420. The number of aromatic carboxylic acids is 1. The largest absolute Gasteiger partial charge is 0.478 e. The van der Waals surface area contributed by atoms with Crippen molar-refractivity contribution in [2.24, 2.45) is 0 Å². The molecule has 0 radical (unpaired) electrons. The number of carbonyl (C=O) groups is 2. The number of amides is 2. The van der Waals surface area contributed by atoms with Crippen LogP contribution in [-0.2, 0) is 0 Å². The Morgan fingerprint density at radius 3 is 2.89 bits per heavy atom. The molecule has 1 aromatic heterocycles. The van der Waals surface area contributed by atoms with Gasteiger partial charge in [0.05, 0.1) is 5.56 Å². The number of urea groups is 1. The maximum Gasteiger partial charge on any atom is 0.338 e. The summed E-state index contributed by atoms with van der Waals surface area (Å²) in [4.78, 5) is 22.5. The number of thioether (sulfide) groups is 1. The zero-order chi connectivity index (χ0) is 13.5. The SMILES string of the molecule is CCSCC(C)NC(=O)Nc1sccc1C(=O)O. The molecule has 0 aliphatic heterocycles. The number of carboxylic acid groups (broad SMARTS) is 1. The third kappa shape index (κ3) is 4.58. The number of rotatable bonds is 6. The number of nitrogens with one attached hydrogen (secondary N) is 2. The monoisotopic (exact) mass is 288 g/mol. The molecule has 5 nitrogen and oxygen atoms in total. The molecular formula is C11H16N2O3S2. The van der Waals surface area contributed by atoms with E-state index < -0.39 is 5.97 Å². The van der Waals surface area contributed by atoms with Crippen molar-refractivity contribution in [1.29, 1.82) is 0 Å². The normalized spacial score (nSPS) is 11.9. The van der Waals surface area contributed by atoms with E-state index in [0.717, 1.165) is 11.5 Å². The molecule has 1 rings (SSSR count). The minimum absolute atomic E-state index is 0.0446. The second-order valence-corrected chi connectivity index (χ2v) is 5.86. The van der Waals surface area contributed by atoms with Crippen molar-refractivity contribution < 1.29 is 14.7 Å². The highest BCUT2D eigenvalue weighted by Gasteiger charge is 2.14. The molecule has 0 saturated carbocycles. The number of anilines is 1. The van der Waals surface area contributed by atoms with Crippen LogP contribution in [0.15, 0.2) is 11.4 Å². The van der Waals surface area contributed by atoms with Crippen LogP contribution >= 0.6 is 23.1 Å². The van der Waals surface area contributed by atoms with Gasteiger partial charge in [0.2, 0.25) is 0 Å². The first-order valence-electron chi connectivity index (χ1n) is 5.50. The van der Waals surface area contributed by atoms with E-state index in [9.17, 15) is 9.59 Å². The molecule has 1 aromatic rings. The van der Waals surface area contributed by atoms with E-state index in [-0.39, 0.29) is 17.6 Å². The quantitative estimate of drug-likeness (QED) is 0.752. The standard InChI is InChI=1S/C11H16N2O3S2/c1-3-17-6-7(2)12-11(16)13-9-8(10(14)15)4-5-18-9/h4-5,7H,3,6H2,1-2H3,(H,14,15)(H2,12,13,16). The van der Waals surface area contributed by atoms with Gasteiger partial charge in [-0.3, -0.25) is 5.32 Å². The van der Waals surface area contributed by atoms with E-state index in [2.05, 4.69) is 17.6 Å². The zero-order valence-electron chi connectivity index (χ0n) is 10.2. The number of hydrogen-bond acceptors (Lipinski definition) is 4. The summed E-state index contributed by atoms with van der Waals surface area (Å²) in [5.74, 6) is 0.795. The second kappa shape index (κ2) is 7.27. The molecule has 0 aliphatic carbocycles. The lowest BCUT2D eigenvalue weighted by Gasteiger charge is -2.13. The van der Waals surface area contributed by atoms with Gasteiger partial charge >= 0.3 is 12.0 Å². The third-order valence-corrected chi connectivity index (χ3v) is 4.05. The Labute approximate surface area is 114 Å². The molecule has 1 unspecified atom stereocenters. The van der Waals surface area contributed by atoms with Gasteiger partial charge in [-0.1, -0.05) is 6.92 Å². The minimum Gasteiger partial charge on any atom is -0.478 e. The lowest BCUT2D eigenvalue weighted by molar-refractivity contribution is 0.0698. The van der Waals surface area contributed by atoms with Crippen molar-refractivity contribution in [1.82, 2.24) is 5.32 Å². The van der Waals surface area contributed by atoms with Crippen molar-refractivity contribution in [3.63, 3.8) is 0 Å². The van der Waals surface area contributed by atoms with Gasteiger partial charge in [-0.15, -0.1) is 11.3 Å². The van der Waals surface area contributed by atoms with Gasteiger partial charge < -0.3 is 10.4 Å². The molecule has 18 heavy (non-hydrogen) atoms. The van der Waals surface area contributed by atoms with Crippen molar-refractivity contribution in [2.75, 3.05) is 16.8 Å². The van der Waals surface area contributed by atoms with Crippen molar-refractivity contribution in [2.45, 2.75) is 19.9 Å². The van der Waals surface area contributed by atoms with E-state index in [1.165, 1.54) is 17.4 Å². The number of carbonyl (C=O) groups excluding carboxylic acids is 1. The van der Waals surface area contributed by atoms with E-state index in [0.29, 0.717) is 5.00 Å². The van der Waals surface area contributed by atoms with Crippen molar-refractivity contribution in [3.05, 3.63) is 17.0 Å². The number of thiophene rings is 1. The highest BCUT2D eigenvalue weighted by Crippen LogP contribution is 2.22. The highest BCUT2D eigenvalue weighted by molar-refractivity contribution is 7.99. The second-order valence-electron chi connectivity index (χ2n) is 3.63. The van der Waals surface area contributed by atoms with E-state index in [1.54, 1.807) is 17.1 Å². The van der Waals surface area contributed by atoms with Crippen LogP contribution in [0.5, 0.6) is 0 Å². The first-order chi connectivity index (χ1) is 8.54. The van der Waals surface area contributed by atoms with Gasteiger partial charge in [-0.05, 0) is 24.1 Å². The van der Waals surface area contributed by atoms with Crippen LogP contribution in [0.3, 0.4) is 0 Å². The Balaban J connectivity index is 2.49. The third-order valence-electron chi connectivity index (χ3n) is 2.07. The van der Waals surface area contributed by atoms with Gasteiger partial charge in [0, 0.05) is 11.8 Å². The zero-order valence-corrected chi connectivity index (χ0v) is 11.9. The Morgan fingerprint density at radius 1 is 1.56 bits per heavy atom. The van der Waals surface area contributed by atoms with Crippen LogP contribution in [0.1, 0.15) is 24.2 Å². The fourth-order valence-corrected chi connectivity index (χ4v) is 2.72. The molecular weight excluding hydrogens is 272 g/mol. The number of carboxylic acids is 1. The maximum atomic E-state index is 11.6. The predicted molar refractivity (Wildman–Crippen MR) is 75.9 cm³/mol. The summed E-state index contributed by atoms with van der Waals surface area (Å²) in [6, 6.07) is 1.14. The fourth-order valence-electron chi connectivity index (χ4n) is 1.27. The minimum atomic E-state index is -1.04. The summed E-state index contributed by atoms with van der Waals surface area (Å²) < 4.78 is 0. The Morgan fingerprint density at radius 2 is 2.28 bits per heavy atom. The summed E-state index contributed by atoms with van der Waals surface area (Å²) in [6.07, 6.45) is 0. The Kier molecular flexibility index (Phi) is 6.00. The average molecular weight is 288 g/mol. The van der Waals surface area contributed by atoms with Crippen LogP contribution in [0.25, 0.3) is 0 Å². The van der Waals surface area contributed by atoms with Crippen molar-refractivity contribution >= 4 is 40.1 Å². The summed E-state index contributed by atoms with van der Waals surface area (Å²) >= 11 is 2.93. The van der Waals surface area contributed by atoms with Crippen LogP contribution in [0.2, 0.25) is 0 Å². The van der Waals surface area contributed by atoms with Gasteiger partial charge in [0.25, 0.3) is 0 Å². The van der Waals surface area contributed by atoms with E-state index >= 15 is 0 Å². The molecule has 3 N–H and O–H groups in total. The van der Waals surface area contributed by atoms with Crippen LogP contribution in [0, 0.1) is 0 Å². The molecule has 2 amide bonds. The van der Waals surface area contributed by atoms with E-state index in [1.807, 2.05) is 6.92 Å². The van der Waals surface area contributed by atoms with Gasteiger partial charge in [0.1, 0.15) is 5.00 Å². The average Bonchev–Trinajstić information content (AvgIpc) is 2.74. The van der Waals surface area contributed by atoms with Crippen molar-refractivity contribution in [3.8, 4) is 0 Å². The molecule has 0 aromatic carbocycles. The molecule has 7 heteroatoms. The lowest BCUT2D eigenvalue weighted by Crippen LogP contribution is -2.37. The Hall–Kier alpha value is -1.21. The summed E-state index contributed by atoms with van der Waals surface area (Å²) in [5, 5.41) is 16.2. The van der Waals surface area contributed by atoms with Gasteiger partial charge in [0.15, 0.2) is 0 Å². The summed E-state index contributed by atoms with van der Waals surface area (Å²) in [7, 11) is 0. The molecule has 0 aliphatic rings. The van der Waals surface area contributed by atoms with Gasteiger partial charge in [-0.25, -0.2) is 9.59 Å². The molecule has 0 saturated heterocycles. The smallest absolute Gasteiger partial charge is 0.338 e. The van der Waals surface area contributed by atoms with Gasteiger partial charge in [-0.2, -0.15) is 11.8 Å². The number of hydrogen-bond donors (Lipinski definition) is 3. The molecule has 0 fully saturated rings. The lowest BCUT2D eigenvalue weighted by atomic mass is 10.3. The van der Waals surface area contributed by atoms with Crippen LogP contribution in [0.4, 0.5) is 9.80 Å². The fraction of sp³-hybridized carbons (Fsp3) is 0.455. The maximum absolute atomic E-state index is 11.6. The molecule has 0 bridgehead atoms. The first kappa shape index (κ1) is 14.8. The first-order valence-corrected chi connectivity index (χ1v) is 7.54. The van der Waals surface area contributed by atoms with E-state index in [4.69, 9.17) is 5.11 Å². The summed E-state index contributed by atoms with van der Waals surface area (Å²) in [6.45, 7) is 3.97. The molecule has 1 heterocycles. The molecule has 1 atom stereocenters. The topological polar surface area (TPSA) is 78.4 Å². The molecule has 0 spiro atoms.